The smallest absolute Gasteiger partial charge is 0.337 e. The number of aromatic nitrogens is 2. The molecule has 0 saturated heterocycles. The first kappa shape index (κ1) is 23.1. The quantitative estimate of drug-likeness (QED) is 0.587. The Labute approximate surface area is 181 Å². The van der Waals surface area contributed by atoms with Gasteiger partial charge in [0.25, 0.3) is 5.91 Å². The van der Waals surface area contributed by atoms with Gasteiger partial charge in [-0.3, -0.25) is 4.79 Å². The van der Waals surface area contributed by atoms with E-state index in [9.17, 15) is 9.59 Å². The molecule has 0 fully saturated rings. The summed E-state index contributed by atoms with van der Waals surface area (Å²) in [5.41, 5.74) is 3.72. The molecule has 0 saturated carbocycles. The highest BCUT2D eigenvalue weighted by Gasteiger charge is 2.20. The zero-order valence-electron chi connectivity index (χ0n) is 17.4. The molecule has 0 unspecified atom stereocenters. The van der Waals surface area contributed by atoms with Crippen LogP contribution in [0, 0.1) is 6.92 Å². The standard InChI is InChI=1S/C22H24N4O3.ClH/c1-5-26(6-2)21(27)18-13-23-20-17(12-7-14(3)24-20)19(18)25-16-10-8-15(9-11-16)22(28)29-4;/h7-13H,5-6H2,1-4H3,(H,23,24,25);1H. The summed E-state index contributed by atoms with van der Waals surface area (Å²) in [7, 11) is 1.34. The molecule has 0 aliphatic rings. The Kier molecular flexibility index (Phi) is 7.72. The number of amides is 1. The van der Waals surface area contributed by atoms with Crippen molar-refractivity contribution in [3.8, 4) is 0 Å². The number of benzene rings is 1. The molecule has 3 aromatic rings. The third-order valence-electron chi connectivity index (χ3n) is 4.73. The Morgan fingerprint density at radius 2 is 1.73 bits per heavy atom. The van der Waals surface area contributed by atoms with Crippen LogP contribution in [0.25, 0.3) is 11.0 Å². The maximum Gasteiger partial charge on any atom is 0.337 e. The van der Waals surface area contributed by atoms with Gasteiger partial charge in [-0.05, 0) is 57.2 Å². The van der Waals surface area contributed by atoms with Crippen LogP contribution in [0.5, 0.6) is 0 Å². The van der Waals surface area contributed by atoms with E-state index in [4.69, 9.17) is 4.74 Å². The van der Waals surface area contributed by atoms with Crippen molar-refractivity contribution in [2.75, 3.05) is 25.5 Å². The summed E-state index contributed by atoms with van der Waals surface area (Å²) in [5.74, 6) is -0.498. The number of nitrogens with zero attached hydrogens (tertiary/aromatic N) is 3. The highest BCUT2D eigenvalue weighted by Crippen LogP contribution is 2.29. The number of pyridine rings is 2. The Bertz CT molecular complexity index is 1050. The second kappa shape index (κ2) is 10.0. The van der Waals surface area contributed by atoms with Crippen LogP contribution < -0.4 is 5.32 Å². The van der Waals surface area contributed by atoms with Crippen molar-refractivity contribution in [3.05, 3.63) is 59.4 Å². The fourth-order valence-corrected chi connectivity index (χ4v) is 3.10. The molecule has 3 rings (SSSR count). The number of fused-ring (bicyclic) bond motifs is 1. The van der Waals surface area contributed by atoms with E-state index in [0.29, 0.717) is 35.6 Å². The van der Waals surface area contributed by atoms with E-state index in [1.807, 2.05) is 32.9 Å². The van der Waals surface area contributed by atoms with Gasteiger partial charge in [-0.25, -0.2) is 14.8 Å². The van der Waals surface area contributed by atoms with Crippen molar-refractivity contribution in [2.45, 2.75) is 20.8 Å². The van der Waals surface area contributed by atoms with Gasteiger partial charge in [0.05, 0.1) is 23.9 Å². The van der Waals surface area contributed by atoms with Gasteiger partial charge in [0.15, 0.2) is 5.65 Å². The lowest BCUT2D eigenvalue weighted by atomic mass is 10.1. The van der Waals surface area contributed by atoms with Crippen molar-refractivity contribution in [3.63, 3.8) is 0 Å². The molecule has 30 heavy (non-hydrogen) atoms. The van der Waals surface area contributed by atoms with Gasteiger partial charge in [0.2, 0.25) is 0 Å². The summed E-state index contributed by atoms with van der Waals surface area (Å²) in [4.78, 5) is 35.4. The molecular weight excluding hydrogens is 404 g/mol. The zero-order valence-corrected chi connectivity index (χ0v) is 18.2. The average Bonchev–Trinajstić information content (AvgIpc) is 2.74. The molecule has 1 amide bonds. The van der Waals surface area contributed by atoms with E-state index in [0.717, 1.165) is 16.8 Å². The Morgan fingerprint density at radius 1 is 1.07 bits per heavy atom. The number of nitrogens with one attached hydrogen (secondary N) is 1. The maximum absolute atomic E-state index is 13.1. The SMILES string of the molecule is CCN(CC)C(=O)c1cnc2nc(C)ccc2c1Nc1ccc(C(=O)OC)cc1.Cl. The lowest BCUT2D eigenvalue weighted by Crippen LogP contribution is -2.31. The topological polar surface area (TPSA) is 84.4 Å². The number of hydrogen-bond donors (Lipinski definition) is 1. The van der Waals surface area contributed by atoms with Crippen molar-refractivity contribution < 1.29 is 14.3 Å². The van der Waals surface area contributed by atoms with Crippen molar-refractivity contribution in [1.82, 2.24) is 14.9 Å². The predicted octanol–water partition coefficient (Wildman–Crippen LogP) is 4.37. The maximum atomic E-state index is 13.1. The zero-order chi connectivity index (χ0) is 21.0. The molecule has 0 spiro atoms. The number of carbonyl (C=O) groups excluding carboxylic acids is 2. The van der Waals surface area contributed by atoms with Gasteiger partial charge < -0.3 is 15.0 Å². The van der Waals surface area contributed by atoms with E-state index < -0.39 is 5.97 Å². The minimum Gasteiger partial charge on any atom is -0.465 e. The number of rotatable bonds is 6. The second-order valence-corrected chi connectivity index (χ2v) is 6.54. The minimum atomic E-state index is -0.400. The van der Waals surface area contributed by atoms with Crippen molar-refractivity contribution in [1.29, 1.82) is 0 Å². The monoisotopic (exact) mass is 428 g/mol. The van der Waals surface area contributed by atoms with Gasteiger partial charge in [-0.1, -0.05) is 0 Å². The molecule has 0 aliphatic heterocycles. The summed E-state index contributed by atoms with van der Waals surface area (Å²) in [6, 6.07) is 10.7. The number of halogens is 1. The Morgan fingerprint density at radius 3 is 2.33 bits per heavy atom. The minimum absolute atomic E-state index is 0. The average molecular weight is 429 g/mol. The van der Waals surface area contributed by atoms with E-state index in [1.54, 1.807) is 35.4 Å². The number of aryl methyl sites for hydroxylation is 1. The van der Waals surface area contributed by atoms with E-state index in [2.05, 4.69) is 15.3 Å². The van der Waals surface area contributed by atoms with Gasteiger partial charge >= 0.3 is 5.97 Å². The number of carbonyl (C=O) groups is 2. The predicted molar refractivity (Wildman–Crippen MR) is 120 cm³/mol. The molecule has 158 valence electrons. The first-order chi connectivity index (χ1) is 14.0. The molecule has 2 aromatic heterocycles. The summed E-state index contributed by atoms with van der Waals surface area (Å²) in [6.07, 6.45) is 1.57. The normalized spacial score (nSPS) is 10.3. The molecule has 0 atom stereocenters. The molecule has 1 N–H and O–H groups in total. The largest absolute Gasteiger partial charge is 0.465 e. The lowest BCUT2D eigenvalue weighted by molar-refractivity contribution is 0.0600. The molecule has 0 radical (unpaired) electrons. The van der Waals surface area contributed by atoms with Gasteiger partial charge in [-0.2, -0.15) is 0 Å². The fourth-order valence-electron chi connectivity index (χ4n) is 3.10. The summed E-state index contributed by atoms with van der Waals surface area (Å²) in [5, 5.41) is 4.08. The van der Waals surface area contributed by atoms with Crippen LogP contribution in [0.15, 0.2) is 42.6 Å². The third kappa shape index (κ3) is 4.68. The van der Waals surface area contributed by atoms with Gasteiger partial charge in [0.1, 0.15) is 0 Å². The highest BCUT2D eigenvalue weighted by molar-refractivity contribution is 6.07. The van der Waals surface area contributed by atoms with Crippen molar-refractivity contribution >= 4 is 46.7 Å². The van der Waals surface area contributed by atoms with E-state index in [1.165, 1.54) is 7.11 Å². The number of esters is 1. The number of hydrogen-bond acceptors (Lipinski definition) is 6. The van der Waals surface area contributed by atoms with E-state index in [-0.39, 0.29) is 18.3 Å². The lowest BCUT2D eigenvalue weighted by Gasteiger charge is -2.21. The molecule has 2 heterocycles. The molecule has 7 nitrogen and oxygen atoms in total. The molecular formula is C22H25ClN4O3. The fraction of sp³-hybridized carbons (Fsp3) is 0.273. The molecule has 1 aromatic carbocycles. The third-order valence-corrected chi connectivity index (χ3v) is 4.73. The Hall–Kier alpha value is -3.19. The van der Waals surface area contributed by atoms with Gasteiger partial charge in [0, 0.05) is 36.1 Å². The molecule has 0 aliphatic carbocycles. The van der Waals surface area contributed by atoms with Crippen molar-refractivity contribution in [2.24, 2.45) is 0 Å². The first-order valence-corrected chi connectivity index (χ1v) is 9.49. The van der Waals surface area contributed by atoms with Crippen LogP contribution in [-0.2, 0) is 4.74 Å². The number of anilines is 2. The van der Waals surface area contributed by atoms with Crippen LogP contribution in [-0.4, -0.2) is 46.9 Å². The van der Waals surface area contributed by atoms with Gasteiger partial charge in [-0.15, -0.1) is 12.4 Å². The van der Waals surface area contributed by atoms with Crippen LogP contribution in [0.1, 0.15) is 40.3 Å². The van der Waals surface area contributed by atoms with Crippen LogP contribution in [0.3, 0.4) is 0 Å². The second-order valence-electron chi connectivity index (χ2n) is 6.54. The summed E-state index contributed by atoms with van der Waals surface area (Å²) < 4.78 is 4.74. The van der Waals surface area contributed by atoms with Crippen LogP contribution >= 0.6 is 12.4 Å². The van der Waals surface area contributed by atoms with Crippen LogP contribution in [0.4, 0.5) is 11.4 Å². The summed E-state index contributed by atoms with van der Waals surface area (Å²) >= 11 is 0. The highest BCUT2D eigenvalue weighted by atomic mass is 35.5. The van der Waals surface area contributed by atoms with Crippen LogP contribution in [0.2, 0.25) is 0 Å². The molecule has 8 heteroatoms. The Balaban J connectivity index is 0.00000320. The van der Waals surface area contributed by atoms with E-state index >= 15 is 0 Å². The first-order valence-electron chi connectivity index (χ1n) is 9.49. The summed E-state index contributed by atoms with van der Waals surface area (Å²) in [6.45, 7) is 6.99. The molecule has 0 bridgehead atoms. The number of methoxy groups -OCH3 is 1. The number of ether oxygens (including phenoxy) is 1.